The predicted octanol–water partition coefficient (Wildman–Crippen LogP) is 2.53. The van der Waals surface area contributed by atoms with Crippen molar-refractivity contribution >= 4 is 10.9 Å². The molecule has 5 N–H and O–H groups in total. The number of nitrogens with zero attached hydrogens (tertiary/aromatic N) is 4. The molecule has 3 aromatic heterocycles. The fourth-order valence-corrected chi connectivity index (χ4v) is 4.03. The van der Waals surface area contributed by atoms with Crippen molar-refractivity contribution in [2.45, 2.75) is 32.0 Å². The van der Waals surface area contributed by atoms with Crippen molar-refractivity contribution in [2.75, 3.05) is 6.54 Å². The van der Waals surface area contributed by atoms with Gasteiger partial charge in [-0.15, -0.1) is 0 Å². The summed E-state index contributed by atoms with van der Waals surface area (Å²) in [5.74, 6) is 0.666. The summed E-state index contributed by atoms with van der Waals surface area (Å²) in [7, 11) is 0. The highest BCUT2D eigenvalue weighted by Gasteiger charge is 2.22. The summed E-state index contributed by atoms with van der Waals surface area (Å²) in [4.78, 5) is 9.33. The van der Waals surface area contributed by atoms with E-state index in [9.17, 15) is 5.11 Å². The quantitative estimate of drug-likeness (QED) is 0.396. The summed E-state index contributed by atoms with van der Waals surface area (Å²) in [6.45, 7) is 2.72. The molecule has 0 bridgehead atoms. The lowest BCUT2D eigenvalue weighted by atomic mass is 9.97. The summed E-state index contributed by atoms with van der Waals surface area (Å²) in [5.41, 5.74) is 18.1. The van der Waals surface area contributed by atoms with Crippen LogP contribution in [-0.2, 0) is 6.61 Å². The molecule has 0 saturated carbocycles. The number of fused-ring (bicyclic) bond motifs is 1. The monoisotopic (exact) mass is 415 g/mol. The second-order valence-corrected chi connectivity index (χ2v) is 7.85. The van der Waals surface area contributed by atoms with E-state index in [2.05, 4.69) is 33.1 Å². The van der Waals surface area contributed by atoms with E-state index in [4.69, 9.17) is 10.7 Å². The molecular weight excluding hydrogens is 390 g/mol. The van der Waals surface area contributed by atoms with Crippen LogP contribution in [-0.4, -0.2) is 31.4 Å². The van der Waals surface area contributed by atoms with Crippen molar-refractivity contribution in [1.82, 2.24) is 30.6 Å². The van der Waals surface area contributed by atoms with Gasteiger partial charge in [-0.2, -0.15) is 5.10 Å². The van der Waals surface area contributed by atoms with Gasteiger partial charge in [0.1, 0.15) is 0 Å². The largest absolute Gasteiger partial charge is 0.390 e. The van der Waals surface area contributed by atoms with Gasteiger partial charge >= 0.3 is 0 Å². The van der Waals surface area contributed by atoms with Crippen molar-refractivity contribution in [1.29, 1.82) is 0 Å². The van der Waals surface area contributed by atoms with Crippen LogP contribution in [0.4, 0.5) is 0 Å². The summed E-state index contributed by atoms with van der Waals surface area (Å²) < 4.78 is 1.82. The van der Waals surface area contributed by atoms with Crippen LogP contribution in [0.15, 0.2) is 54.7 Å². The standard InChI is InChI=1S/C23H25N7O/c1-14(24)19-5-3-6-20(28-19)15-10-17(21-8-9-25-29-21)18-12-26-30(22(18)11-15)23-7-2-4-16(13-31)27-23/h2-7,10-12,14,21,25,29,31H,8-9,13,24H2,1H3/t14-,21?/m0/s1. The fraction of sp³-hybridized carbons (Fsp3) is 0.261. The number of pyridine rings is 2. The molecule has 1 saturated heterocycles. The highest BCUT2D eigenvalue weighted by Crippen LogP contribution is 2.33. The Morgan fingerprint density at radius 1 is 1.19 bits per heavy atom. The second kappa shape index (κ2) is 8.16. The van der Waals surface area contributed by atoms with E-state index >= 15 is 0 Å². The van der Waals surface area contributed by atoms with E-state index in [-0.39, 0.29) is 18.7 Å². The van der Waals surface area contributed by atoms with Gasteiger partial charge in [0.15, 0.2) is 5.82 Å². The second-order valence-electron chi connectivity index (χ2n) is 7.85. The third-order valence-corrected chi connectivity index (χ3v) is 5.63. The molecule has 8 heteroatoms. The first kappa shape index (κ1) is 19.8. The van der Waals surface area contributed by atoms with Gasteiger partial charge in [0.05, 0.1) is 35.4 Å². The molecular formula is C23H25N7O. The molecule has 0 spiro atoms. The lowest BCUT2D eigenvalue weighted by molar-refractivity contribution is 0.276. The average molecular weight is 416 g/mol. The van der Waals surface area contributed by atoms with Crippen LogP contribution in [0.5, 0.6) is 0 Å². The molecule has 1 fully saturated rings. The van der Waals surface area contributed by atoms with Gasteiger partial charge in [0, 0.05) is 29.6 Å². The molecule has 1 aromatic carbocycles. The van der Waals surface area contributed by atoms with Gasteiger partial charge < -0.3 is 10.8 Å². The summed E-state index contributed by atoms with van der Waals surface area (Å²) >= 11 is 0. The molecule has 0 amide bonds. The molecule has 1 unspecified atom stereocenters. The number of aliphatic hydroxyl groups excluding tert-OH is 1. The minimum absolute atomic E-state index is 0.116. The third kappa shape index (κ3) is 3.70. The predicted molar refractivity (Wildman–Crippen MR) is 119 cm³/mol. The van der Waals surface area contributed by atoms with Crippen molar-refractivity contribution < 1.29 is 5.11 Å². The molecule has 1 aliphatic rings. The topological polar surface area (TPSA) is 114 Å². The number of aliphatic hydroxyl groups is 1. The number of nitrogens with two attached hydrogens (primary N) is 1. The number of hydrogen-bond acceptors (Lipinski definition) is 7. The van der Waals surface area contributed by atoms with Gasteiger partial charge in [-0.3, -0.25) is 15.8 Å². The molecule has 0 radical (unpaired) electrons. The maximum absolute atomic E-state index is 9.50. The van der Waals surface area contributed by atoms with Crippen LogP contribution in [0.1, 0.15) is 42.4 Å². The van der Waals surface area contributed by atoms with E-state index in [1.54, 1.807) is 6.07 Å². The first-order chi connectivity index (χ1) is 15.1. The van der Waals surface area contributed by atoms with E-state index in [1.807, 2.05) is 48.1 Å². The Balaban J connectivity index is 1.72. The Hall–Kier alpha value is -3.17. The van der Waals surface area contributed by atoms with E-state index in [1.165, 1.54) is 0 Å². The summed E-state index contributed by atoms with van der Waals surface area (Å²) in [5, 5.41) is 15.2. The number of nitrogens with one attached hydrogen (secondary N) is 2. The van der Waals surface area contributed by atoms with Crippen molar-refractivity contribution in [3.05, 3.63) is 71.7 Å². The SMILES string of the molecule is C[C@H](N)c1cccc(-c2cc(C3CCNN3)c3cnn(-c4cccc(CO)n4)c3c2)n1. The van der Waals surface area contributed by atoms with Crippen molar-refractivity contribution in [2.24, 2.45) is 5.73 Å². The highest BCUT2D eigenvalue weighted by atomic mass is 16.3. The van der Waals surface area contributed by atoms with Crippen LogP contribution in [0.3, 0.4) is 0 Å². The molecule has 5 rings (SSSR count). The van der Waals surface area contributed by atoms with Gasteiger partial charge in [0.2, 0.25) is 0 Å². The van der Waals surface area contributed by atoms with Crippen LogP contribution in [0.25, 0.3) is 28.0 Å². The van der Waals surface area contributed by atoms with Crippen LogP contribution in [0, 0.1) is 0 Å². The number of hydrazine groups is 1. The Bertz CT molecular complexity index is 1230. The lowest BCUT2D eigenvalue weighted by Gasteiger charge is -2.15. The molecule has 0 aliphatic carbocycles. The van der Waals surface area contributed by atoms with E-state index in [0.717, 1.165) is 46.4 Å². The molecule has 4 aromatic rings. The van der Waals surface area contributed by atoms with E-state index < -0.39 is 0 Å². The number of hydrogen-bond donors (Lipinski definition) is 4. The summed E-state index contributed by atoms with van der Waals surface area (Å²) in [6.07, 6.45) is 2.86. The van der Waals surface area contributed by atoms with Crippen LogP contribution in [0.2, 0.25) is 0 Å². The molecule has 31 heavy (non-hydrogen) atoms. The zero-order chi connectivity index (χ0) is 21.4. The first-order valence-corrected chi connectivity index (χ1v) is 10.4. The normalized spacial score (nSPS) is 17.3. The lowest BCUT2D eigenvalue weighted by Crippen LogP contribution is -2.24. The summed E-state index contributed by atoms with van der Waals surface area (Å²) in [6, 6.07) is 15.8. The zero-order valence-corrected chi connectivity index (χ0v) is 17.3. The van der Waals surface area contributed by atoms with Crippen LogP contribution < -0.4 is 16.6 Å². The van der Waals surface area contributed by atoms with E-state index in [0.29, 0.717) is 11.5 Å². The third-order valence-electron chi connectivity index (χ3n) is 5.63. The molecule has 158 valence electrons. The molecule has 8 nitrogen and oxygen atoms in total. The van der Waals surface area contributed by atoms with Gasteiger partial charge in [0.25, 0.3) is 0 Å². The Morgan fingerprint density at radius 3 is 2.84 bits per heavy atom. The Labute approximate surface area is 180 Å². The highest BCUT2D eigenvalue weighted by molar-refractivity contribution is 5.88. The Morgan fingerprint density at radius 2 is 2.06 bits per heavy atom. The minimum atomic E-state index is -0.139. The smallest absolute Gasteiger partial charge is 0.154 e. The zero-order valence-electron chi connectivity index (χ0n) is 17.3. The minimum Gasteiger partial charge on any atom is -0.390 e. The average Bonchev–Trinajstić information content (AvgIpc) is 3.49. The Kier molecular flexibility index (Phi) is 5.21. The van der Waals surface area contributed by atoms with Gasteiger partial charge in [-0.1, -0.05) is 12.1 Å². The number of benzene rings is 1. The molecule has 4 heterocycles. The van der Waals surface area contributed by atoms with Crippen molar-refractivity contribution in [3.8, 4) is 17.1 Å². The maximum atomic E-state index is 9.50. The number of aromatic nitrogens is 4. The van der Waals surface area contributed by atoms with Crippen molar-refractivity contribution in [3.63, 3.8) is 0 Å². The van der Waals surface area contributed by atoms with Crippen LogP contribution >= 0.6 is 0 Å². The number of rotatable bonds is 5. The fourth-order valence-electron chi connectivity index (χ4n) is 4.03. The van der Waals surface area contributed by atoms with Gasteiger partial charge in [-0.25, -0.2) is 9.67 Å². The molecule has 1 aliphatic heterocycles. The van der Waals surface area contributed by atoms with Gasteiger partial charge in [-0.05, 0) is 55.3 Å². The maximum Gasteiger partial charge on any atom is 0.154 e. The first-order valence-electron chi connectivity index (χ1n) is 10.4. The molecule has 2 atom stereocenters.